The van der Waals surface area contributed by atoms with Crippen molar-refractivity contribution in [1.29, 1.82) is 0 Å². The molecule has 2 unspecified atom stereocenters. The average Bonchev–Trinajstić information content (AvgIpc) is 2.86. The van der Waals surface area contributed by atoms with Crippen molar-refractivity contribution in [2.45, 2.75) is 51.9 Å². The van der Waals surface area contributed by atoms with Gasteiger partial charge in [0.2, 0.25) is 0 Å². The summed E-state index contributed by atoms with van der Waals surface area (Å²) < 4.78 is 7.92. The first kappa shape index (κ1) is 14.0. The molecule has 0 bridgehead atoms. The van der Waals surface area contributed by atoms with Crippen molar-refractivity contribution in [3.05, 3.63) is 12.2 Å². The zero-order valence-corrected chi connectivity index (χ0v) is 12.7. The van der Waals surface area contributed by atoms with Gasteiger partial charge in [0.05, 0.1) is 12.6 Å². The van der Waals surface area contributed by atoms with Gasteiger partial charge in [-0.15, -0.1) is 10.2 Å². The highest BCUT2D eigenvalue weighted by molar-refractivity contribution is 5.15. The molecular weight excluding hydrogens is 254 g/mol. The zero-order chi connectivity index (χ0) is 14.4. The highest BCUT2D eigenvalue weighted by Crippen LogP contribution is 2.50. The SMILES string of the molecule is CCOC1CC(N)(CN2CCn3cnnc3C2)C1(C)C. The predicted octanol–water partition coefficient (Wildman–Crippen LogP) is 0.626. The highest BCUT2D eigenvalue weighted by atomic mass is 16.5. The maximum atomic E-state index is 6.66. The van der Waals surface area contributed by atoms with Crippen LogP contribution in [-0.4, -0.2) is 51.0 Å². The molecule has 0 spiro atoms. The number of ether oxygens (including phenoxy) is 1. The molecule has 2 N–H and O–H groups in total. The Bertz CT molecular complexity index is 486. The monoisotopic (exact) mass is 279 g/mol. The minimum Gasteiger partial charge on any atom is -0.378 e. The van der Waals surface area contributed by atoms with Gasteiger partial charge >= 0.3 is 0 Å². The maximum Gasteiger partial charge on any atom is 0.147 e. The van der Waals surface area contributed by atoms with E-state index in [-0.39, 0.29) is 17.1 Å². The Hall–Kier alpha value is -0.980. The van der Waals surface area contributed by atoms with Gasteiger partial charge in [-0.05, 0) is 13.3 Å². The topological polar surface area (TPSA) is 69.2 Å². The van der Waals surface area contributed by atoms with Gasteiger partial charge in [-0.2, -0.15) is 0 Å². The second-order valence-corrected chi connectivity index (χ2v) is 6.68. The van der Waals surface area contributed by atoms with Crippen LogP contribution in [0.15, 0.2) is 6.33 Å². The van der Waals surface area contributed by atoms with E-state index in [1.54, 1.807) is 0 Å². The van der Waals surface area contributed by atoms with Crippen LogP contribution in [0.25, 0.3) is 0 Å². The Kier molecular flexibility index (Phi) is 3.35. The third-order valence-electron chi connectivity index (χ3n) is 5.23. The molecule has 2 heterocycles. The summed E-state index contributed by atoms with van der Waals surface area (Å²) in [6.07, 6.45) is 3.03. The molecule has 1 fully saturated rings. The van der Waals surface area contributed by atoms with Gasteiger partial charge in [0.1, 0.15) is 12.2 Å². The summed E-state index contributed by atoms with van der Waals surface area (Å²) in [5.41, 5.74) is 6.51. The Morgan fingerprint density at radius 3 is 2.95 bits per heavy atom. The summed E-state index contributed by atoms with van der Waals surface area (Å²) >= 11 is 0. The van der Waals surface area contributed by atoms with E-state index in [1.165, 1.54) is 0 Å². The van der Waals surface area contributed by atoms with E-state index in [2.05, 4.69) is 33.5 Å². The molecule has 0 aromatic carbocycles. The molecular formula is C14H25N5O. The second-order valence-electron chi connectivity index (χ2n) is 6.68. The van der Waals surface area contributed by atoms with Crippen LogP contribution in [-0.2, 0) is 17.8 Å². The standard InChI is InChI=1S/C14H25N5O/c1-4-20-11-7-14(15,13(11,2)3)9-18-5-6-19-10-16-17-12(19)8-18/h10-11H,4-9,15H2,1-3H3. The molecule has 0 radical (unpaired) electrons. The first-order valence-corrected chi connectivity index (χ1v) is 7.46. The van der Waals surface area contributed by atoms with Gasteiger partial charge in [-0.25, -0.2) is 0 Å². The molecule has 1 aromatic heterocycles. The normalized spacial score (nSPS) is 32.7. The van der Waals surface area contributed by atoms with Crippen molar-refractivity contribution in [2.75, 3.05) is 19.7 Å². The smallest absolute Gasteiger partial charge is 0.147 e. The maximum absolute atomic E-state index is 6.66. The van der Waals surface area contributed by atoms with Crippen molar-refractivity contribution >= 4 is 0 Å². The minimum atomic E-state index is -0.172. The van der Waals surface area contributed by atoms with E-state index in [0.29, 0.717) is 0 Å². The number of hydrogen-bond donors (Lipinski definition) is 1. The van der Waals surface area contributed by atoms with Crippen LogP contribution in [0.2, 0.25) is 0 Å². The summed E-state index contributed by atoms with van der Waals surface area (Å²) in [5, 5.41) is 8.14. The lowest BCUT2D eigenvalue weighted by molar-refractivity contribution is -0.157. The van der Waals surface area contributed by atoms with E-state index in [1.807, 2.05) is 13.3 Å². The summed E-state index contributed by atoms with van der Waals surface area (Å²) in [6, 6.07) is 0. The molecule has 0 saturated heterocycles. The Balaban J connectivity index is 1.64. The fourth-order valence-corrected chi connectivity index (χ4v) is 3.43. The largest absolute Gasteiger partial charge is 0.378 e. The van der Waals surface area contributed by atoms with E-state index >= 15 is 0 Å². The van der Waals surface area contributed by atoms with Crippen LogP contribution in [0.3, 0.4) is 0 Å². The van der Waals surface area contributed by atoms with Crippen LogP contribution in [0.1, 0.15) is 33.0 Å². The molecule has 0 amide bonds. The van der Waals surface area contributed by atoms with Gasteiger partial charge in [-0.1, -0.05) is 13.8 Å². The molecule has 3 rings (SSSR count). The Morgan fingerprint density at radius 1 is 1.45 bits per heavy atom. The van der Waals surface area contributed by atoms with E-state index in [4.69, 9.17) is 10.5 Å². The van der Waals surface area contributed by atoms with Gasteiger partial charge < -0.3 is 15.0 Å². The molecule has 1 aromatic rings. The Morgan fingerprint density at radius 2 is 2.25 bits per heavy atom. The predicted molar refractivity (Wildman–Crippen MR) is 76.0 cm³/mol. The number of nitrogens with zero attached hydrogens (tertiary/aromatic N) is 4. The van der Waals surface area contributed by atoms with Crippen molar-refractivity contribution in [3.63, 3.8) is 0 Å². The molecule has 1 aliphatic carbocycles. The van der Waals surface area contributed by atoms with Crippen molar-refractivity contribution < 1.29 is 4.74 Å². The number of fused-ring (bicyclic) bond motifs is 1. The van der Waals surface area contributed by atoms with E-state index in [9.17, 15) is 0 Å². The van der Waals surface area contributed by atoms with Crippen LogP contribution in [0.4, 0.5) is 0 Å². The third kappa shape index (κ3) is 2.06. The number of rotatable bonds is 4. The number of nitrogens with two attached hydrogens (primary N) is 1. The van der Waals surface area contributed by atoms with Gasteiger partial charge in [0.25, 0.3) is 0 Å². The second kappa shape index (κ2) is 4.79. The van der Waals surface area contributed by atoms with Crippen molar-refractivity contribution in [3.8, 4) is 0 Å². The molecule has 1 saturated carbocycles. The number of hydrogen-bond acceptors (Lipinski definition) is 5. The summed E-state index contributed by atoms with van der Waals surface area (Å²) in [7, 11) is 0. The van der Waals surface area contributed by atoms with Gasteiger partial charge in [-0.3, -0.25) is 4.90 Å². The third-order valence-corrected chi connectivity index (χ3v) is 5.23. The fraction of sp³-hybridized carbons (Fsp3) is 0.857. The lowest BCUT2D eigenvalue weighted by atomic mass is 9.54. The first-order valence-electron chi connectivity index (χ1n) is 7.46. The summed E-state index contributed by atoms with van der Waals surface area (Å²) in [5.74, 6) is 1.04. The zero-order valence-electron chi connectivity index (χ0n) is 12.7. The first-order chi connectivity index (χ1) is 9.46. The molecule has 1 aliphatic heterocycles. The highest BCUT2D eigenvalue weighted by Gasteiger charge is 2.58. The lowest BCUT2D eigenvalue weighted by Crippen LogP contribution is -2.73. The van der Waals surface area contributed by atoms with Crippen molar-refractivity contribution in [1.82, 2.24) is 19.7 Å². The summed E-state index contributed by atoms with van der Waals surface area (Å²) in [6.45, 7) is 11.0. The molecule has 2 aliphatic rings. The van der Waals surface area contributed by atoms with Gasteiger partial charge in [0.15, 0.2) is 0 Å². The molecule has 2 atom stereocenters. The average molecular weight is 279 g/mol. The van der Waals surface area contributed by atoms with E-state index in [0.717, 1.165) is 45.0 Å². The van der Waals surface area contributed by atoms with Crippen LogP contribution in [0.5, 0.6) is 0 Å². The fourth-order valence-electron chi connectivity index (χ4n) is 3.43. The lowest BCUT2D eigenvalue weighted by Gasteiger charge is -2.60. The summed E-state index contributed by atoms with van der Waals surface area (Å²) in [4.78, 5) is 2.40. The Labute approximate surface area is 120 Å². The van der Waals surface area contributed by atoms with Crippen LogP contribution in [0, 0.1) is 5.41 Å². The van der Waals surface area contributed by atoms with Gasteiger partial charge in [0, 0.05) is 37.2 Å². The molecule has 6 heteroatoms. The quantitative estimate of drug-likeness (QED) is 0.875. The molecule has 112 valence electrons. The van der Waals surface area contributed by atoms with Crippen LogP contribution < -0.4 is 5.73 Å². The van der Waals surface area contributed by atoms with Crippen LogP contribution >= 0.6 is 0 Å². The molecule has 20 heavy (non-hydrogen) atoms. The van der Waals surface area contributed by atoms with Crippen molar-refractivity contribution in [2.24, 2.45) is 11.1 Å². The minimum absolute atomic E-state index is 0.0220. The number of aromatic nitrogens is 3. The van der Waals surface area contributed by atoms with E-state index < -0.39 is 0 Å². The molecule has 6 nitrogen and oxygen atoms in total.